The minimum atomic E-state index is 0.162. The Morgan fingerprint density at radius 1 is 1.32 bits per heavy atom. The fourth-order valence-corrected chi connectivity index (χ4v) is 2.29. The van der Waals surface area contributed by atoms with Crippen molar-refractivity contribution in [1.29, 1.82) is 0 Å². The zero-order chi connectivity index (χ0) is 14.5. The molecule has 0 aromatic heterocycles. The summed E-state index contributed by atoms with van der Waals surface area (Å²) in [6, 6.07) is 6.41. The van der Waals surface area contributed by atoms with Crippen LogP contribution < -0.4 is 10.5 Å². The molecule has 1 aromatic rings. The van der Waals surface area contributed by atoms with Crippen molar-refractivity contribution in [2.75, 3.05) is 26.7 Å². The van der Waals surface area contributed by atoms with E-state index < -0.39 is 0 Å². The summed E-state index contributed by atoms with van der Waals surface area (Å²) in [4.78, 5) is 2.32. The number of nitrogens with two attached hydrogens (primary N) is 1. The predicted molar refractivity (Wildman–Crippen MR) is 81.5 cm³/mol. The van der Waals surface area contributed by atoms with Gasteiger partial charge < -0.3 is 15.4 Å². The highest BCUT2D eigenvalue weighted by Gasteiger charge is 2.18. The predicted octanol–water partition coefficient (Wildman–Crippen LogP) is 2.81. The Balaban J connectivity index is 2.65. The van der Waals surface area contributed by atoms with Crippen LogP contribution in [0.1, 0.15) is 31.9 Å². The smallest absolute Gasteiger partial charge is 0.122 e. The van der Waals surface area contributed by atoms with Crippen molar-refractivity contribution in [2.24, 2.45) is 11.1 Å². The molecule has 0 radical (unpaired) electrons. The van der Waals surface area contributed by atoms with Gasteiger partial charge in [-0.3, -0.25) is 0 Å². The van der Waals surface area contributed by atoms with Gasteiger partial charge in [-0.2, -0.15) is 0 Å². The molecule has 1 aromatic carbocycles. The van der Waals surface area contributed by atoms with Gasteiger partial charge in [-0.05, 0) is 50.0 Å². The summed E-state index contributed by atoms with van der Waals surface area (Å²) < 4.78 is 5.56. The Hall–Kier alpha value is -1.06. The number of nitrogens with zero attached hydrogens (tertiary/aromatic N) is 1. The van der Waals surface area contributed by atoms with E-state index in [1.165, 1.54) is 11.1 Å². The monoisotopic (exact) mass is 264 g/mol. The molecule has 0 bridgehead atoms. The number of hydrogen-bond acceptors (Lipinski definition) is 3. The second-order valence-corrected chi connectivity index (χ2v) is 6.07. The van der Waals surface area contributed by atoms with Crippen molar-refractivity contribution in [1.82, 2.24) is 4.90 Å². The molecule has 0 saturated carbocycles. The maximum absolute atomic E-state index is 5.78. The molecule has 19 heavy (non-hydrogen) atoms. The lowest BCUT2D eigenvalue weighted by Gasteiger charge is -2.29. The standard InChI is InChI=1S/C16H28N2O/c1-6-19-15-8-7-14(9-13(15)2)10-18(5)12-16(3,4)11-17/h7-9H,6,10-12,17H2,1-5H3. The van der Waals surface area contributed by atoms with E-state index in [-0.39, 0.29) is 5.41 Å². The van der Waals surface area contributed by atoms with Crippen LogP contribution in [-0.4, -0.2) is 31.6 Å². The zero-order valence-corrected chi connectivity index (χ0v) is 13.0. The van der Waals surface area contributed by atoms with E-state index >= 15 is 0 Å². The average molecular weight is 264 g/mol. The van der Waals surface area contributed by atoms with Gasteiger partial charge in [0, 0.05) is 13.1 Å². The van der Waals surface area contributed by atoms with E-state index in [1.54, 1.807) is 0 Å². The molecule has 0 fully saturated rings. The first-order valence-corrected chi connectivity index (χ1v) is 6.99. The molecule has 0 unspecified atom stereocenters. The highest BCUT2D eigenvalue weighted by atomic mass is 16.5. The van der Waals surface area contributed by atoms with Gasteiger partial charge in [0.2, 0.25) is 0 Å². The highest BCUT2D eigenvalue weighted by molar-refractivity contribution is 5.36. The van der Waals surface area contributed by atoms with Crippen molar-refractivity contribution >= 4 is 0 Å². The van der Waals surface area contributed by atoms with Crippen molar-refractivity contribution in [3.8, 4) is 5.75 Å². The van der Waals surface area contributed by atoms with Crippen molar-refractivity contribution in [3.63, 3.8) is 0 Å². The van der Waals surface area contributed by atoms with E-state index in [1.807, 2.05) is 6.92 Å². The van der Waals surface area contributed by atoms with E-state index in [4.69, 9.17) is 10.5 Å². The Labute approximate surface area is 117 Å². The molecule has 108 valence electrons. The van der Waals surface area contributed by atoms with Crippen LogP contribution in [0, 0.1) is 12.3 Å². The maximum atomic E-state index is 5.78. The van der Waals surface area contributed by atoms with Crippen LogP contribution >= 0.6 is 0 Å². The Morgan fingerprint density at radius 3 is 2.53 bits per heavy atom. The lowest BCUT2D eigenvalue weighted by atomic mass is 9.93. The van der Waals surface area contributed by atoms with Crippen LogP contribution in [0.2, 0.25) is 0 Å². The topological polar surface area (TPSA) is 38.5 Å². The number of rotatable bonds is 7. The lowest BCUT2D eigenvalue weighted by Crippen LogP contribution is -2.36. The van der Waals surface area contributed by atoms with Gasteiger partial charge in [-0.25, -0.2) is 0 Å². The van der Waals surface area contributed by atoms with Crippen LogP contribution in [0.15, 0.2) is 18.2 Å². The second kappa shape index (κ2) is 6.92. The third kappa shape index (κ3) is 5.21. The van der Waals surface area contributed by atoms with Crippen LogP contribution in [0.5, 0.6) is 5.75 Å². The number of hydrogen-bond donors (Lipinski definition) is 1. The highest BCUT2D eigenvalue weighted by Crippen LogP contribution is 2.21. The van der Waals surface area contributed by atoms with E-state index in [9.17, 15) is 0 Å². The van der Waals surface area contributed by atoms with Crippen LogP contribution in [-0.2, 0) is 6.54 Å². The number of benzene rings is 1. The van der Waals surface area contributed by atoms with Gasteiger partial charge in [0.15, 0.2) is 0 Å². The molecular formula is C16H28N2O. The summed E-state index contributed by atoms with van der Waals surface area (Å²) in [7, 11) is 2.14. The molecule has 0 saturated heterocycles. The van der Waals surface area contributed by atoms with Gasteiger partial charge in [0.1, 0.15) is 5.75 Å². The first kappa shape index (κ1) is 16.0. The van der Waals surface area contributed by atoms with Gasteiger partial charge >= 0.3 is 0 Å². The quantitative estimate of drug-likeness (QED) is 0.823. The van der Waals surface area contributed by atoms with Gasteiger partial charge in [0.25, 0.3) is 0 Å². The van der Waals surface area contributed by atoms with Gasteiger partial charge in [-0.15, -0.1) is 0 Å². The molecule has 0 spiro atoms. The van der Waals surface area contributed by atoms with E-state index in [0.29, 0.717) is 13.2 Å². The summed E-state index contributed by atoms with van der Waals surface area (Å²) in [5.74, 6) is 0.983. The SMILES string of the molecule is CCOc1ccc(CN(C)CC(C)(C)CN)cc1C. The summed E-state index contributed by atoms with van der Waals surface area (Å²) >= 11 is 0. The van der Waals surface area contributed by atoms with E-state index in [2.05, 4.69) is 50.9 Å². The fraction of sp³-hybridized carbons (Fsp3) is 0.625. The van der Waals surface area contributed by atoms with Crippen molar-refractivity contribution in [3.05, 3.63) is 29.3 Å². The third-order valence-electron chi connectivity index (χ3n) is 3.24. The Morgan fingerprint density at radius 2 is 2.00 bits per heavy atom. The van der Waals surface area contributed by atoms with Gasteiger partial charge in [0.05, 0.1) is 6.61 Å². The molecule has 3 heteroatoms. The number of ether oxygens (including phenoxy) is 1. The van der Waals surface area contributed by atoms with Crippen LogP contribution in [0.4, 0.5) is 0 Å². The summed E-state index contributed by atoms with van der Waals surface area (Å²) in [5.41, 5.74) is 8.46. The Bertz CT molecular complexity index is 402. The minimum absolute atomic E-state index is 0.162. The molecule has 0 atom stereocenters. The van der Waals surface area contributed by atoms with Crippen molar-refractivity contribution < 1.29 is 4.74 Å². The largest absolute Gasteiger partial charge is 0.494 e. The first-order valence-electron chi connectivity index (χ1n) is 6.99. The van der Waals surface area contributed by atoms with Crippen molar-refractivity contribution in [2.45, 2.75) is 34.2 Å². The molecule has 1 rings (SSSR count). The molecule has 0 heterocycles. The molecule has 2 N–H and O–H groups in total. The maximum Gasteiger partial charge on any atom is 0.122 e. The molecule has 3 nitrogen and oxygen atoms in total. The summed E-state index contributed by atoms with van der Waals surface area (Å²) in [6.45, 7) is 11.9. The summed E-state index contributed by atoms with van der Waals surface area (Å²) in [6.07, 6.45) is 0. The zero-order valence-electron chi connectivity index (χ0n) is 13.0. The van der Waals surface area contributed by atoms with E-state index in [0.717, 1.165) is 18.8 Å². The lowest BCUT2D eigenvalue weighted by molar-refractivity contribution is 0.210. The summed E-state index contributed by atoms with van der Waals surface area (Å²) in [5, 5.41) is 0. The Kier molecular flexibility index (Phi) is 5.83. The molecule has 0 aliphatic carbocycles. The second-order valence-electron chi connectivity index (χ2n) is 6.07. The normalized spacial score (nSPS) is 11.9. The van der Waals surface area contributed by atoms with Crippen LogP contribution in [0.3, 0.4) is 0 Å². The molecule has 0 aliphatic rings. The molecular weight excluding hydrogens is 236 g/mol. The van der Waals surface area contributed by atoms with Gasteiger partial charge in [-0.1, -0.05) is 26.0 Å². The van der Waals surface area contributed by atoms with Crippen LogP contribution in [0.25, 0.3) is 0 Å². The number of aryl methyl sites for hydroxylation is 1. The molecule has 0 amide bonds. The minimum Gasteiger partial charge on any atom is -0.494 e. The first-order chi connectivity index (χ1) is 8.88. The average Bonchev–Trinajstić information content (AvgIpc) is 2.32. The molecule has 0 aliphatic heterocycles. The fourth-order valence-electron chi connectivity index (χ4n) is 2.29. The third-order valence-corrected chi connectivity index (χ3v) is 3.24.